The van der Waals surface area contributed by atoms with Gasteiger partial charge in [0.1, 0.15) is 5.52 Å². The Balaban J connectivity index is 2.97. The molecule has 4 heteroatoms. The fourth-order valence-electron chi connectivity index (χ4n) is 1.16. The predicted molar refractivity (Wildman–Crippen MR) is 56.1 cm³/mol. The van der Waals surface area contributed by atoms with Crippen LogP contribution in [0, 0.1) is 0 Å². The van der Waals surface area contributed by atoms with Gasteiger partial charge in [-0.15, -0.1) is 0 Å². The van der Waals surface area contributed by atoms with Gasteiger partial charge in [0.05, 0.1) is 9.50 Å². The quantitative estimate of drug-likeness (QED) is 0.786. The van der Waals surface area contributed by atoms with Gasteiger partial charge in [-0.1, -0.05) is 11.6 Å². The first-order valence-corrected chi connectivity index (χ1v) is 4.79. The third-order valence-corrected chi connectivity index (χ3v) is 2.69. The van der Waals surface area contributed by atoms with Crippen molar-refractivity contribution in [1.82, 2.24) is 4.98 Å². The maximum Gasteiger partial charge on any atom is 0.156 e. The van der Waals surface area contributed by atoms with Crippen molar-refractivity contribution < 1.29 is 5.11 Å². The van der Waals surface area contributed by atoms with Gasteiger partial charge in [-0.2, -0.15) is 0 Å². The van der Waals surface area contributed by atoms with E-state index in [1.165, 1.54) is 0 Å². The summed E-state index contributed by atoms with van der Waals surface area (Å²) >= 11 is 9.15. The van der Waals surface area contributed by atoms with Crippen molar-refractivity contribution >= 4 is 38.4 Å². The predicted octanol–water partition coefficient (Wildman–Crippen LogP) is 3.36. The molecule has 1 aromatic heterocycles. The normalized spacial score (nSPS) is 10.6. The Bertz CT molecular complexity index is 472. The van der Waals surface area contributed by atoms with E-state index in [9.17, 15) is 5.11 Å². The summed E-state index contributed by atoms with van der Waals surface area (Å²) in [5.41, 5.74) is 0.516. The lowest BCUT2D eigenvalue weighted by Gasteiger charge is -2.03. The summed E-state index contributed by atoms with van der Waals surface area (Å²) in [7, 11) is 0. The van der Waals surface area contributed by atoms with E-state index in [1.807, 2.05) is 6.07 Å². The van der Waals surface area contributed by atoms with Crippen molar-refractivity contribution in [3.63, 3.8) is 0 Å². The number of hydrogen-bond acceptors (Lipinski definition) is 2. The fraction of sp³-hybridized carbons (Fsp3) is 0. The molecule has 1 aromatic carbocycles. The maximum absolute atomic E-state index is 9.61. The van der Waals surface area contributed by atoms with Crippen molar-refractivity contribution in [1.29, 1.82) is 0 Å². The summed E-state index contributed by atoms with van der Waals surface area (Å²) in [6, 6.07) is 5.25. The van der Waals surface area contributed by atoms with E-state index in [2.05, 4.69) is 20.9 Å². The number of hydrogen-bond donors (Lipinski definition) is 1. The molecule has 2 nitrogen and oxygen atoms in total. The highest BCUT2D eigenvalue weighted by molar-refractivity contribution is 9.10. The molecule has 2 rings (SSSR count). The smallest absolute Gasteiger partial charge is 0.156 e. The zero-order chi connectivity index (χ0) is 9.42. The Morgan fingerprint density at radius 2 is 2.23 bits per heavy atom. The van der Waals surface area contributed by atoms with Crippen LogP contribution in [0.5, 0.6) is 5.75 Å². The number of halogens is 2. The van der Waals surface area contributed by atoms with Gasteiger partial charge in [0.25, 0.3) is 0 Å². The molecule has 1 N–H and O–H groups in total. The van der Waals surface area contributed by atoms with Crippen LogP contribution in [0.2, 0.25) is 5.02 Å². The number of benzene rings is 1. The molecule has 2 aromatic rings. The summed E-state index contributed by atoms with van der Waals surface area (Å²) in [6.45, 7) is 0. The molecule has 66 valence electrons. The molecular weight excluding hydrogens is 253 g/mol. The minimum atomic E-state index is 0.125. The monoisotopic (exact) mass is 257 g/mol. The lowest BCUT2D eigenvalue weighted by Crippen LogP contribution is -1.81. The van der Waals surface area contributed by atoms with Crippen LogP contribution >= 0.6 is 27.5 Å². The van der Waals surface area contributed by atoms with Gasteiger partial charge < -0.3 is 5.11 Å². The van der Waals surface area contributed by atoms with Crippen LogP contribution in [0.1, 0.15) is 0 Å². The van der Waals surface area contributed by atoms with Gasteiger partial charge in [0.15, 0.2) is 5.75 Å². The minimum Gasteiger partial charge on any atom is -0.505 e. The van der Waals surface area contributed by atoms with E-state index in [1.54, 1.807) is 18.3 Å². The number of phenolic OH excluding ortho intramolecular Hbond substituents is 1. The molecule has 13 heavy (non-hydrogen) atoms. The number of fused-ring (bicyclic) bond motifs is 1. The fourth-order valence-corrected chi connectivity index (χ4v) is 1.97. The van der Waals surface area contributed by atoms with Crippen LogP contribution in [0.15, 0.2) is 28.9 Å². The second-order valence-corrected chi connectivity index (χ2v) is 3.85. The molecule has 0 amide bonds. The Kier molecular flexibility index (Phi) is 2.14. The first-order chi connectivity index (χ1) is 6.20. The number of rotatable bonds is 0. The molecule has 0 radical (unpaired) electrons. The van der Waals surface area contributed by atoms with Gasteiger partial charge in [-0.05, 0) is 34.1 Å². The lowest BCUT2D eigenvalue weighted by atomic mass is 10.2. The standard InChI is InChI=1S/C9H5BrClNO/c10-6-4-7(11)5-2-1-3-12-8(5)9(6)13/h1-4,13H. The highest BCUT2D eigenvalue weighted by Gasteiger charge is 2.08. The van der Waals surface area contributed by atoms with Crippen LogP contribution < -0.4 is 0 Å². The van der Waals surface area contributed by atoms with E-state index >= 15 is 0 Å². The largest absolute Gasteiger partial charge is 0.505 e. The van der Waals surface area contributed by atoms with Gasteiger partial charge >= 0.3 is 0 Å². The number of aromatic nitrogens is 1. The average molecular weight is 259 g/mol. The number of pyridine rings is 1. The first kappa shape index (κ1) is 8.78. The van der Waals surface area contributed by atoms with Crippen LogP contribution in [-0.2, 0) is 0 Å². The molecule has 0 aliphatic heterocycles. The molecule has 0 spiro atoms. The molecule has 0 unspecified atom stereocenters. The van der Waals surface area contributed by atoms with E-state index in [4.69, 9.17) is 11.6 Å². The Labute approximate surface area is 88.3 Å². The topological polar surface area (TPSA) is 33.1 Å². The summed E-state index contributed by atoms with van der Waals surface area (Å²) in [5, 5.41) is 10.9. The maximum atomic E-state index is 9.61. The molecule has 0 aliphatic rings. The van der Waals surface area contributed by atoms with Gasteiger partial charge in [0, 0.05) is 11.6 Å². The van der Waals surface area contributed by atoms with E-state index in [0.717, 1.165) is 5.39 Å². The highest BCUT2D eigenvalue weighted by atomic mass is 79.9. The summed E-state index contributed by atoms with van der Waals surface area (Å²) in [4.78, 5) is 4.04. The van der Waals surface area contributed by atoms with Crippen molar-refractivity contribution in [2.45, 2.75) is 0 Å². The molecule has 0 aliphatic carbocycles. The third kappa shape index (κ3) is 1.38. The van der Waals surface area contributed by atoms with Crippen molar-refractivity contribution in [2.75, 3.05) is 0 Å². The minimum absolute atomic E-state index is 0.125. The zero-order valence-electron chi connectivity index (χ0n) is 6.46. The second-order valence-electron chi connectivity index (χ2n) is 2.59. The first-order valence-electron chi connectivity index (χ1n) is 3.62. The van der Waals surface area contributed by atoms with E-state index in [0.29, 0.717) is 15.0 Å². The van der Waals surface area contributed by atoms with Crippen LogP contribution in [-0.4, -0.2) is 10.1 Å². The molecule has 0 saturated carbocycles. The summed E-state index contributed by atoms with van der Waals surface area (Å²) in [5.74, 6) is 0.125. The second kappa shape index (κ2) is 3.16. The number of phenols is 1. The zero-order valence-corrected chi connectivity index (χ0v) is 8.80. The number of aromatic hydroxyl groups is 1. The van der Waals surface area contributed by atoms with Crippen LogP contribution in [0.25, 0.3) is 10.9 Å². The molecule has 0 saturated heterocycles. The van der Waals surface area contributed by atoms with E-state index in [-0.39, 0.29) is 5.75 Å². The van der Waals surface area contributed by atoms with Gasteiger partial charge in [-0.3, -0.25) is 4.98 Å². The van der Waals surface area contributed by atoms with Gasteiger partial charge in [0.2, 0.25) is 0 Å². The average Bonchev–Trinajstić information content (AvgIpc) is 2.15. The van der Waals surface area contributed by atoms with Crippen molar-refractivity contribution in [3.05, 3.63) is 33.9 Å². The third-order valence-electron chi connectivity index (χ3n) is 1.77. The van der Waals surface area contributed by atoms with Gasteiger partial charge in [-0.25, -0.2) is 0 Å². The molecule has 0 bridgehead atoms. The van der Waals surface area contributed by atoms with E-state index < -0.39 is 0 Å². The van der Waals surface area contributed by atoms with Crippen LogP contribution in [0.3, 0.4) is 0 Å². The lowest BCUT2D eigenvalue weighted by molar-refractivity contribution is 0.477. The van der Waals surface area contributed by atoms with Crippen molar-refractivity contribution in [3.8, 4) is 5.75 Å². The molecule has 0 fully saturated rings. The number of nitrogens with zero attached hydrogens (tertiary/aromatic N) is 1. The summed E-state index contributed by atoms with van der Waals surface area (Å²) < 4.78 is 0.559. The van der Waals surface area contributed by atoms with Crippen LogP contribution in [0.4, 0.5) is 0 Å². The van der Waals surface area contributed by atoms with Crippen molar-refractivity contribution in [2.24, 2.45) is 0 Å². The molecular formula is C9H5BrClNO. The Hall–Kier alpha value is -0.800. The molecule has 1 heterocycles. The SMILES string of the molecule is Oc1c(Br)cc(Cl)c2cccnc12. The Morgan fingerprint density at radius 3 is 3.00 bits per heavy atom. The summed E-state index contributed by atoms with van der Waals surface area (Å²) in [6.07, 6.45) is 1.62. The Morgan fingerprint density at radius 1 is 1.46 bits per heavy atom. The molecule has 0 atom stereocenters. The highest BCUT2D eigenvalue weighted by Crippen LogP contribution is 2.35.